The van der Waals surface area contributed by atoms with Crippen molar-refractivity contribution in [3.05, 3.63) is 78.1 Å². The minimum Gasteiger partial charge on any atom is -0.744 e. The van der Waals surface area contributed by atoms with Gasteiger partial charge >= 0.3 is 88.7 Å². The fourth-order valence-corrected chi connectivity index (χ4v) is 6.47. The normalized spacial score (nSPS) is 11.7. The minimum absolute atomic E-state index is 0. The molecule has 0 bridgehead atoms. The van der Waals surface area contributed by atoms with Gasteiger partial charge in [0.1, 0.15) is 41.7 Å². The molecule has 0 saturated heterocycles. The first-order chi connectivity index (χ1) is 22.5. The fraction of sp³-hybridized carbons (Fsp3) is 0.0741. The van der Waals surface area contributed by atoms with Crippen molar-refractivity contribution >= 4 is 87.4 Å². The average Bonchev–Trinajstić information content (AvgIpc) is 2.99. The quantitative estimate of drug-likeness (QED) is 0.0765. The second kappa shape index (κ2) is 18.0. The maximum Gasteiger partial charge on any atom is 1.00 e. The van der Waals surface area contributed by atoms with Gasteiger partial charge in [-0.25, -0.2) is 25.3 Å². The van der Waals surface area contributed by atoms with Gasteiger partial charge in [0.25, 0.3) is 0 Å². The molecule has 17 nitrogen and oxygen atoms in total. The zero-order chi connectivity index (χ0) is 35.0. The molecule has 5 aromatic rings. The van der Waals surface area contributed by atoms with Gasteiger partial charge in [0.2, 0.25) is 17.2 Å². The molecule has 0 saturated carbocycles. The number of anilines is 4. The second-order valence-corrected chi connectivity index (χ2v) is 14.0. The van der Waals surface area contributed by atoms with Crippen LogP contribution in [0.2, 0.25) is 5.28 Å². The van der Waals surface area contributed by atoms with Crippen molar-refractivity contribution < 1.29 is 133 Å². The molecule has 5 rings (SSSR count). The van der Waals surface area contributed by atoms with E-state index in [2.05, 4.69) is 30.5 Å². The smallest absolute Gasteiger partial charge is 0.744 e. The maximum absolute atomic E-state index is 12.3. The number of halogens is 1. The molecule has 0 unspecified atom stereocenters. The molecule has 1 aromatic heterocycles. The van der Waals surface area contributed by atoms with Crippen LogP contribution < -0.4 is 98.9 Å². The molecule has 0 amide bonds. The molecule has 4 aromatic carbocycles. The zero-order valence-electron chi connectivity index (χ0n) is 27.0. The van der Waals surface area contributed by atoms with Crippen LogP contribution in [0.15, 0.2) is 97.7 Å². The number of rotatable bonds is 10. The van der Waals surface area contributed by atoms with Gasteiger partial charge in [0.05, 0.1) is 20.4 Å². The third kappa shape index (κ3) is 10.7. The van der Waals surface area contributed by atoms with E-state index in [1.165, 1.54) is 12.1 Å². The van der Waals surface area contributed by atoms with Crippen molar-refractivity contribution in [3.63, 3.8) is 0 Å². The molecule has 24 heteroatoms. The Morgan fingerprint density at radius 1 is 0.784 bits per heavy atom. The van der Waals surface area contributed by atoms with Gasteiger partial charge in [-0.15, -0.1) is 10.2 Å². The summed E-state index contributed by atoms with van der Waals surface area (Å²) in [5.41, 5.74) is -1.29. The summed E-state index contributed by atoms with van der Waals surface area (Å²) in [6.45, 7) is 2.16. The average molecular weight is 802 g/mol. The van der Waals surface area contributed by atoms with Gasteiger partial charge in [0.15, 0.2) is 5.75 Å². The molecule has 0 radical (unpaired) electrons. The van der Waals surface area contributed by atoms with E-state index in [1.54, 1.807) is 42.2 Å². The number of benzene rings is 4. The fourth-order valence-electron chi connectivity index (χ4n) is 4.53. The van der Waals surface area contributed by atoms with Crippen LogP contribution in [0.5, 0.6) is 5.75 Å². The summed E-state index contributed by atoms with van der Waals surface area (Å²) >= 11 is 6.18. The monoisotopic (exact) mass is 801 g/mol. The van der Waals surface area contributed by atoms with Crippen LogP contribution in [0.3, 0.4) is 0 Å². The van der Waals surface area contributed by atoms with Crippen molar-refractivity contribution in [1.29, 1.82) is 0 Å². The van der Waals surface area contributed by atoms with Gasteiger partial charge in [-0.2, -0.15) is 15.0 Å². The summed E-state index contributed by atoms with van der Waals surface area (Å²) < 4.78 is 108. The number of azo groups is 1. The van der Waals surface area contributed by atoms with Gasteiger partial charge in [-0.05, 0) is 66.4 Å². The molecule has 250 valence electrons. The minimum atomic E-state index is -5.51. The Hall–Kier alpha value is -1.83. The molecular weight excluding hydrogens is 783 g/mol. The first kappa shape index (κ1) is 45.3. The van der Waals surface area contributed by atoms with Gasteiger partial charge in [-0.3, -0.25) is 0 Å². The van der Waals surface area contributed by atoms with E-state index in [1.807, 2.05) is 0 Å². The molecule has 1 heterocycles. The van der Waals surface area contributed by atoms with E-state index < -0.39 is 78.6 Å². The third-order valence-corrected chi connectivity index (χ3v) is 9.26. The number of para-hydroxylation sites is 1. The van der Waals surface area contributed by atoms with Crippen molar-refractivity contribution in [2.45, 2.75) is 21.6 Å². The number of hydrogen-bond donors (Lipinski definition) is 2. The predicted molar refractivity (Wildman–Crippen MR) is 167 cm³/mol. The topological polar surface area (TPSA) is 270 Å². The van der Waals surface area contributed by atoms with Crippen LogP contribution in [0, 0.1) is 0 Å². The Kier molecular flexibility index (Phi) is 16.0. The van der Waals surface area contributed by atoms with Gasteiger partial charge < -0.3 is 29.0 Å². The summed E-state index contributed by atoms with van der Waals surface area (Å²) in [5, 5.41) is 20.0. The Labute approximate surface area is 363 Å². The number of aromatic hydroxyl groups is 1. The first-order valence-electron chi connectivity index (χ1n) is 13.2. The van der Waals surface area contributed by atoms with Crippen molar-refractivity contribution in [1.82, 2.24) is 15.0 Å². The van der Waals surface area contributed by atoms with Crippen LogP contribution in [-0.2, 0) is 30.4 Å². The van der Waals surface area contributed by atoms with Crippen molar-refractivity contribution in [2.24, 2.45) is 10.2 Å². The van der Waals surface area contributed by atoms with Gasteiger partial charge in [-0.1, -0.05) is 30.3 Å². The number of fused-ring (bicyclic) bond motifs is 1. The van der Waals surface area contributed by atoms with Crippen LogP contribution >= 0.6 is 11.6 Å². The first-order valence-corrected chi connectivity index (χ1v) is 17.8. The molecule has 0 aliphatic rings. The zero-order valence-corrected chi connectivity index (χ0v) is 36.2. The summed E-state index contributed by atoms with van der Waals surface area (Å²) in [4.78, 5) is 11.1. The van der Waals surface area contributed by atoms with E-state index in [9.17, 15) is 44.0 Å². The van der Waals surface area contributed by atoms with E-state index in [0.717, 1.165) is 18.2 Å². The predicted octanol–water partition coefficient (Wildman–Crippen LogP) is -4.57. The largest absolute Gasteiger partial charge is 1.00 e. The van der Waals surface area contributed by atoms with Crippen LogP contribution in [-0.4, -0.2) is 65.5 Å². The number of phenolic OH excluding ortho intramolecular Hbond substituents is 1. The van der Waals surface area contributed by atoms with Crippen LogP contribution in [0.25, 0.3) is 10.8 Å². The molecule has 51 heavy (non-hydrogen) atoms. The number of nitrogens with zero attached hydrogens (tertiary/aromatic N) is 6. The summed E-state index contributed by atoms with van der Waals surface area (Å²) in [5.74, 6) is -1.36. The van der Waals surface area contributed by atoms with E-state index in [0.29, 0.717) is 24.4 Å². The molecule has 0 atom stereocenters. The number of aromatic nitrogens is 3. The third-order valence-electron chi connectivity index (χ3n) is 6.54. The summed E-state index contributed by atoms with van der Waals surface area (Å²) in [6.07, 6.45) is 0. The van der Waals surface area contributed by atoms with Crippen molar-refractivity contribution in [3.8, 4) is 5.75 Å². The molecule has 0 aliphatic heterocycles. The molecule has 0 aliphatic carbocycles. The Bertz CT molecular complexity index is 2450. The van der Waals surface area contributed by atoms with E-state index >= 15 is 0 Å². The molecule has 2 N–H and O–H groups in total. The Balaban J connectivity index is 0.00000300. The SMILES string of the molecule is CCN(c1ccccc1)c1nc(Cl)nc(Nc2cc(S(=O)(=O)[O-])cc3cc(S(=O)(=O)[O-])c(N=Nc4ccccc4S(=O)(=O)[O-])c(O)c23)n1.[Na+].[Na+].[Na+]. The Morgan fingerprint density at radius 2 is 1.39 bits per heavy atom. The summed E-state index contributed by atoms with van der Waals surface area (Å²) in [6, 6.07) is 15.4. The van der Waals surface area contributed by atoms with Crippen LogP contribution in [0.1, 0.15) is 6.92 Å². The second-order valence-electron chi connectivity index (χ2n) is 9.60. The maximum atomic E-state index is 12.3. The standard InChI is InChI=1S/C27H22ClN7O10S3.3Na/c1-2-35(16-8-4-3-5-9-16)27-31-25(28)30-26(32-27)29-19-14-17(46(37,38)39)12-15-13-21(48(43,44)45)23(24(36)22(15)19)34-33-18-10-6-7-11-20(18)47(40,41)42;;;/h3-14,36H,2H2,1H3,(H,37,38,39)(H,40,41,42)(H,43,44,45)(H,29,30,31,32);;;/q;3*+1/p-3. The Morgan fingerprint density at radius 3 is 1.98 bits per heavy atom. The number of hydrogen-bond acceptors (Lipinski definition) is 17. The van der Waals surface area contributed by atoms with Crippen LogP contribution in [0.4, 0.5) is 34.6 Å². The number of phenols is 1. The van der Waals surface area contributed by atoms with Gasteiger partial charge in [0, 0.05) is 17.6 Å². The number of nitrogens with one attached hydrogen (secondary N) is 1. The molecular formula is C27H19ClN7Na3O10S3. The van der Waals surface area contributed by atoms with E-state index in [-0.39, 0.29) is 106 Å². The molecule has 0 spiro atoms. The van der Waals surface area contributed by atoms with E-state index in [4.69, 9.17) is 11.6 Å². The van der Waals surface area contributed by atoms with Crippen molar-refractivity contribution in [2.75, 3.05) is 16.8 Å². The molecule has 0 fully saturated rings. The summed E-state index contributed by atoms with van der Waals surface area (Å²) in [7, 11) is -15.8.